The lowest BCUT2D eigenvalue weighted by molar-refractivity contribution is 1.18. The highest BCUT2D eigenvalue weighted by Gasteiger charge is 2.18. The third kappa shape index (κ3) is 4.63. The molecule has 0 aliphatic rings. The second kappa shape index (κ2) is 11.1. The lowest BCUT2D eigenvalue weighted by Crippen LogP contribution is -2.09. The third-order valence-corrected chi connectivity index (χ3v) is 8.38. The Morgan fingerprint density at radius 2 is 0.750 bits per heavy atom. The average molecular weight is 563 g/mol. The number of hydrogen-bond acceptors (Lipinski definition) is 1. The summed E-state index contributed by atoms with van der Waals surface area (Å²) < 4.78 is 2.41. The summed E-state index contributed by atoms with van der Waals surface area (Å²) in [5.74, 6) is 0. The van der Waals surface area contributed by atoms with Crippen LogP contribution in [0.1, 0.15) is 0 Å². The fourth-order valence-electron chi connectivity index (χ4n) is 6.27. The highest BCUT2D eigenvalue weighted by Crippen LogP contribution is 2.40. The van der Waals surface area contributed by atoms with Crippen molar-refractivity contribution >= 4 is 38.9 Å². The van der Waals surface area contributed by atoms with E-state index in [4.69, 9.17) is 0 Å². The molecular formula is C42H30N2. The van der Waals surface area contributed by atoms with E-state index in [1.807, 2.05) is 0 Å². The van der Waals surface area contributed by atoms with Gasteiger partial charge in [0.1, 0.15) is 0 Å². The Balaban J connectivity index is 1.31. The predicted molar refractivity (Wildman–Crippen MR) is 186 cm³/mol. The molecule has 0 saturated heterocycles. The highest BCUT2D eigenvalue weighted by molar-refractivity contribution is 6.11. The summed E-state index contributed by atoms with van der Waals surface area (Å²) in [6, 6.07) is 65.0. The van der Waals surface area contributed by atoms with Crippen LogP contribution in [0.5, 0.6) is 0 Å². The van der Waals surface area contributed by atoms with Crippen molar-refractivity contribution in [3.05, 3.63) is 182 Å². The maximum atomic E-state index is 2.41. The van der Waals surface area contributed by atoms with Crippen LogP contribution < -0.4 is 4.90 Å². The number of rotatable bonds is 6. The zero-order valence-corrected chi connectivity index (χ0v) is 24.2. The zero-order valence-electron chi connectivity index (χ0n) is 24.2. The SMILES string of the molecule is c1ccc(-c2ccc(-c3ccc4c5ccc(N(c6ccccc6)c6ccccc6)cc5n(-c5ccccc5)c4c3)cc2)cc1. The lowest BCUT2D eigenvalue weighted by Gasteiger charge is -2.25. The van der Waals surface area contributed by atoms with Gasteiger partial charge in [-0.3, -0.25) is 0 Å². The number of aromatic nitrogens is 1. The molecule has 1 heterocycles. The quantitative estimate of drug-likeness (QED) is 0.196. The number of anilines is 3. The zero-order chi connectivity index (χ0) is 29.3. The molecule has 1 aromatic heterocycles. The fourth-order valence-corrected chi connectivity index (χ4v) is 6.27. The molecule has 0 spiro atoms. The van der Waals surface area contributed by atoms with Crippen LogP contribution in [0.2, 0.25) is 0 Å². The van der Waals surface area contributed by atoms with Gasteiger partial charge in [-0.2, -0.15) is 0 Å². The first-order valence-corrected chi connectivity index (χ1v) is 15.0. The molecule has 0 atom stereocenters. The van der Waals surface area contributed by atoms with Gasteiger partial charge >= 0.3 is 0 Å². The molecule has 0 amide bonds. The molecule has 2 heteroatoms. The number of para-hydroxylation sites is 3. The molecule has 0 bridgehead atoms. The van der Waals surface area contributed by atoms with Gasteiger partial charge in [0, 0.05) is 33.5 Å². The molecule has 44 heavy (non-hydrogen) atoms. The molecule has 0 aliphatic carbocycles. The molecule has 0 radical (unpaired) electrons. The molecule has 0 fully saturated rings. The summed E-state index contributed by atoms with van der Waals surface area (Å²) in [5, 5.41) is 2.48. The fraction of sp³-hybridized carbons (Fsp3) is 0. The first-order valence-electron chi connectivity index (χ1n) is 15.0. The van der Waals surface area contributed by atoms with E-state index >= 15 is 0 Å². The number of benzene rings is 7. The molecular weight excluding hydrogens is 532 g/mol. The van der Waals surface area contributed by atoms with Crippen molar-refractivity contribution < 1.29 is 0 Å². The van der Waals surface area contributed by atoms with Gasteiger partial charge in [-0.25, -0.2) is 0 Å². The normalized spacial score (nSPS) is 11.2. The second-order valence-corrected chi connectivity index (χ2v) is 11.1. The van der Waals surface area contributed by atoms with Crippen LogP contribution in [0.15, 0.2) is 182 Å². The molecule has 0 N–H and O–H groups in total. The van der Waals surface area contributed by atoms with Gasteiger partial charge in [-0.1, -0.05) is 127 Å². The van der Waals surface area contributed by atoms with E-state index in [0.717, 1.165) is 22.7 Å². The Hall–Kier alpha value is -5.86. The number of hydrogen-bond donors (Lipinski definition) is 0. The smallest absolute Gasteiger partial charge is 0.0561 e. The van der Waals surface area contributed by atoms with Crippen molar-refractivity contribution in [2.45, 2.75) is 0 Å². The molecule has 208 valence electrons. The van der Waals surface area contributed by atoms with Crippen molar-refractivity contribution in [2.75, 3.05) is 4.90 Å². The van der Waals surface area contributed by atoms with E-state index in [9.17, 15) is 0 Å². The molecule has 2 nitrogen and oxygen atoms in total. The van der Waals surface area contributed by atoms with E-state index in [1.54, 1.807) is 0 Å². The minimum atomic E-state index is 1.12. The van der Waals surface area contributed by atoms with Crippen LogP contribution in [-0.2, 0) is 0 Å². The maximum absolute atomic E-state index is 2.41. The average Bonchev–Trinajstić information content (AvgIpc) is 3.43. The third-order valence-electron chi connectivity index (χ3n) is 8.38. The minimum Gasteiger partial charge on any atom is -0.310 e. The van der Waals surface area contributed by atoms with Crippen molar-refractivity contribution in [2.24, 2.45) is 0 Å². The maximum Gasteiger partial charge on any atom is 0.0561 e. The van der Waals surface area contributed by atoms with E-state index in [2.05, 4.69) is 191 Å². The Morgan fingerprint density at radius 3 is 1.34 bits per heavy atom. The highest BCUT2D eigenvalue weighted by atomic mass is 15.1. The summed E-state index contributed by atoms with van der Waals surface area (Å²) in [5.41, 5.74) is 11.7. The predicted octanol–water partition coefficient (Wildman–Crippen LogP) is 11.6. The first-order chi connectivity index (χ1) is 21.8. The molecule has 8 aromatic rings. The molecule has 7 aromatic carbocycles. The van der Waals surface area contributed by atoms with E-state index in [-0.39, 0.29) is 0 Å². The van der Waals surface area contributed by atoms with Crippen molar-refractivity contribution in [3.8, 4) is 27.9 Å². The summed E-state index contributed by atoms with van der Waals surface area (Å²) in [6.45, 7) is 0. The number of fused-ring (bicyclic) bond motifs is 3. The van der Waals surface area contributed by atoms with Crippen molar-refractivity contribution in [1.82, 2.24) is 4.57 Å². The molecule has 0 saturated carbocycles. The molecule has 0 aliphatic heterocycles. The van der Waals surface area contributed by atoms with Crippen LogP contribution >= 0.6 is 0 Å². The van der Waals surface area contributed by atoms with Gasteiger partial charge in [0.05, 0.1) is 11.0 Å². The second-order valence-electron chi connectivity index (χ2n) is 11.1. The van der Waals surface area contributed by atoms with Crippen LogP contribution in [0.25, 0.3) is 49.7 Å². The van der Waals surface area contributed by atoms with E-state index in [0.29, 0.717) is 0 Å². The van der Waals surface area contributed by atoms with Crippen LogP contribution in [0.3, 0.4) is 0 Å². The number of nitrogens with zero attached hydrogens (tertiary/aromatic N) is 2. The van der Waals surface area contributed by atoms with Gasteiger partial charge in [-0.15, -0.1) is 0 Å². The standard InChI is InChI=1S/C42H30N2/c1-5-13-31(14-6-1)32-21-23-33(24-22-32)34-25-27-39-40-28-26-38(30-42(40)44(41(39)29-34)37-19-11-4-12-20-37)43(35-15-7-2-8-16-35)36-17-9-3-10-18-36/h1-30H. The Labute approximate surface area is 257 Å². The van der Waals surface area contributed by atoms with Gasteiger partial charge in [0.15, 0.2) is 0 Å². The lowest BCUT2D eigenvalue weighted by atomic mass is 9.99. The van der Waals surface area contributed by atoms with Gasteiger partial charge in [0.2, 0.25) is 0 Å². The van der Waals surface area contributed by atoms with Gasteiger partial charge < -0.3 is 9.47 Å². The Bertz CT molecular complexity index is 2140. The molecule has 0 unspecified atom stereocenters. The van der Waals surface area contributed by atoms with Crippen LogP contribution in [0.4, 0.5) is 17.1 Å². The summed E-state index contributed by atoms with van der Waals surface area (Å²) >= 11 is 0. The van der Waals surface area contributed by atoms with Crippen molar-refractivity contribution in [3.63, 3.8) is 0 Å². The van der Waals surface area contributed by atoms with Gasteiger partial charge in [0.25, 0.3) is 0 Å². The van der Waals surface area contributed by atoms with Gasteiger partial charge in [-0.05, 0) is 76.9 Å². The summed E-state index contributed by atoms with van der Waals surface area (Å²) in [4.78, 5) is 2.33. The van der Waals surface area contributed by atoms with Crippen LogP contribution in [-0.4, -0.2) is 4.57 Å². The Morgan fingerprint density at radius 1 is 0.318 bits per heavy atom. The van der Waals surface area contributed by atoms with E-state index in [1.165, 1.54) is 44.1 Å². The molecule has 8 rings (SSSR count). The Kier molecular flexibility index (Phi) is 6.51. The van der Waals surface area contributed by atoms with E-state index < -0.39 is 0 Å². The monoisotopic (exact) mass is 562 g/mol. The minimum absolute atomic E-state index is 1.12. The summed E-state index contributed by atoms with van der Waals surface area (Å²) in [7, 11) is 0. The summed E-state index contributed by atoms with van der Waals surface area (Å²) in [6.07, 6.45) is 0. The first kappa shape index (κ1) is 25.8. The van der Waals surface area contributed by atoms with Crippen LogP contribution in [0, 0.1) is 0 Å². The topological polar surface area (TPSA) is 8.17 Å². The van der Waals surface area contributed by atoms with Crippen molar-refractivity contribution in [1.29, 1.82) is 0 Å². The largest absolute Gasteiger partial charge is 0.310 e.